The van der Waals surface area contributed by atoms with Gasteiger partial charge in [0.2, 0.25) is 11.8 Å². The second-order valence-corrected chi connectivity index (χ2v) is 6.87. The molecule has 1 atom stereocenters. The average molecular weight is 332 g/mol. The summed E-state index contributed by atoms with van der Waals surface area (Å²) >= 11 is 0. The number of rotatable bonds is 7. The molecule has 2 aromatic heterocycles. The van der Waals surface area contributed by atoms with Crippen molar-refractivity contribution in [3.63, 3.8) is 0 Å². The first-order valence-electron chi connectivity index (χ1n) is 8.77. The Hall–Kier alpha value is -1.80. The second kappa shape index (κ2) is 6.60. The Bertz CT molecular complexity index is 680. The van der Waals surface area contributed by atoms with Crippen LogP contribution < -0.4 is 0 Å². The molecule has 0 amide bonds. The lowest BCUT2D eigenvalue weighted by Crippen LogP contribution is -2.34. The minimum Gasteiger partial charge on any atom is -0.339 e. The Morgan fingerprint density at radius 3 is 2.71 bits per heavy atom. The Labute approximate surface area is 141 Å². The standard InChI is InChI=1S/C16H24N6O2/c1-3-14-17-13(19-23-14)9-21(2)12-6-7-22(8-12)10-15-18-16(20-24-15)11-4-5-11/h11-12H,3-10H2,1-2H3/t12-/m0/s1. The van der Waals surface area contributed by atoms with Gasteiger partial charge in [-0.25, -0.2) is 0 Å². The van der Waals surface area contributed by atoms with Gasteiger partial charge in [-0.1, -0.05) is 17.2 Å². The van der Waals surface area contributed by atoms with Gasteiger partial charge in [0, 0.05) is 31.5 Å². The fraction of sp³-hybridized carbons (Fsp3) is 0.750. The Balaban J connectivity index is 1.28. The van der Waals surface area contributed by atoms with Crippen LogP contribution in [0.15, 0.2) is 9.05 Å². The molecule has 2 aromatic rings. The van der Waals surface area contributed by atoms with Crippen molar-refractivity contribution in [3.05, 3.63) is 23.4 Å². The van der Waals surface area contributed by atoms with E-state index < -0.39 is 0 Å². The Kier molecular flexibility index (Phi) is 4.32. The largest absolute Gasteiger partial charge is 0.339 e. The molecule has 1 saturated heterocycles. The molecule has 1 aliphatic heterocycles. The van der Waals surface area contributed by atoms with Crippen LogP contribution >= 0.6 is 0 Å². The lowest BCUT2D eigenvalue weighted by molar-refractivity contribution is 0.206. The highest BCUT2D eigenvalue weighted by Gasteiger charge is 2.30. The van der Waals surface area contributed by atoms with Gasteiger partial charge in [-0.05, 0) is 26.3 Å². The summed E-state index contributed by atoms with van der Waals surface area (Å²) in [6, 6.07) is 0.486. The first-order chi connectivity index (χ1) is 11.7. The molecule has 0 N–H and O–H groups in total. The normalized spacial score (nSPS) is 21.9. The van der Waals surface area contributed by atoms with Crippen LogP contribution in [0, 0.1) is 0 Å². The molecule has 1 aliphatic carbocycles. The minimum atomic E-state index is 0.486. The van der Waals surface area contributed by atoms with Crippen LogP contribution in [-0.4, -0.2) is 56.3 Å². The molecule has 24 heavy (non-hydrogen) atoms. The van der Waals surface area contributed by atoms with Crippen LogP contribution in [0.2, 0.25) is 0 Å². The topological polar surface area (TPSA) is 84.3 Å². The van der Waals surface area contributed by atoms with Gasteiger partial charge in [-0.15, -0.1) is 0 Å². The third-order valence-electron chi connectivity index (χ3n) is 4.86. The predicted molar refractivity (Wildman–Crippen MR) is 85.1 cm³/mol. The van der Waals surface area contributed by atoms with E-state index in [1.165, 1.54) is 12.8 Å². The van der Waals surface area contributed by atoms with Gasteiger partial charge < -0.3 is 9.05 Å². The SMILES string of the molecule is CCc1nc(CN(C)[C@H]2CCN(Cc3nc(C4CC4)no3)C2)no1. The summed E-state index contributed by atoms with van der Waals surface area (Å²) in [5, 5.41) is 8.13. The minimum absolute atomic E-state index is 0.486. The van der Waals surface area contributed by atoms with Crippen molar-refractivity contribution in [2.24, 2.45) is 0 Å². The first kappa shape index (κ1) is 15.7. The third kappa shape index (κ3) is 3.49. The molecule has 130 valence electrons. The van der Waals surface area contributed by atoms with E-state index in [1.807, 2.05) is 6.92 Å². The quantitative estimate of drug-likeness (QED) is 0.756. The predicted octanol–water partition coefficient (Wildman–Crippen LogP) is 1.60. The fourth-order valence-electron chi connectivity index (χ4n) is 3.20. The van der Waals surface area contributed by atoms with E-state index in [0.29, 0.717) is 24.4 Å². The molecule has 3 heterocycles. The van der Waals surface area contributed by atoms with E-state index in [-0.39, 0.29) is 0 Å². The third-order valence-corrected chi connectivity index (χ3v) is 4.86. The monoisotopic (exact) mass is 332 g/mol. The summed E-state index contributed by atoms with van der Waals surface area (Å²) in [4.78, 5) is 13.6. The number of nitrogens with zero attached hydrogens (tertiary/aromatic N) is 6. The molecule has 0 radical (unpaired) electrons. The number of hydrogen-bond donors (Lipinski definition) is 0. The lowest BCUT2D eigenvalue weighted by atomic mass is 10.2. The van der Waals surface area contributed by atoms with Crippen LogP contribution in [0.25, 0.3) is 0 Å². The summed E-state index contributed by atoms with van der Waals surface area (Å²) in [6.07, 6.45) is 4.30. The number of hydrogen-bond acceptors (Lipinski definition) is 8. The number of aryl methyl sites for hydroxylation is 1. The van der Waals surface area contributed by atoms with E-state index in [4.69, 9.17) is 9.05 Å². The molecule has 4 rings (SSSR count). The lowest BCUT2D eigenvalue weighted by Gasteiger charge is -2.22. The summed E-state index contributed by atoms with van der Waals surface area (Å²) in [5.74, 6) is 3.64. The summed E-state index contributed by atoms with van der Waals surface area (Å²) in [7, 11) is 2.12. The van der Waals surface area contributed by atoms with Crippen molar-refractivity contribution in [3.8, 4) is 0 Å². The highest BCUT2D eigenvalue weighted by atomic mass is 16.5. The second-order valence-electron chi connectivity index (χ2n) is 6.87. The molecule has 8 heteroatoms. The van der Waals surface area contributed by atoms with Crippen molar-refractivity contribution in [1.82, 2.24) is 30.1 Å². The van der Waals surface area contributed by atoms with Gasteiger partial charge in [0.05, 0.1) is 13.1 Å². The summed E-state index contributed by atoms with van der Waals surface area (Å²) < 4.78 is 10.6. The van der Waals surface area contributed by atoms with Crippen LogP contribution in [0.3, 0.4) is 0 Å². The van der Waals surface area contributed by atoms with Crippen LogP contribution in [0.1, 0.15) is 55.5 Å². The molecule has 1 saturated carbocycles. The van der Waals surface area contributed by atoms with Crippen molar-refractivity contribution in [2.45, 2.75) is 57.7 Å². The molecular weight excluding hydrogens is 308 g/mol. The van der Waals surface area contributed by atoms with Crippen molar-refractivity contribution < 1.29 is 9.05 Å². The van der Waals surface area contributed by atoms with Gasteiger partial charge in [0.15, 0.2) is 11.6 Å². The average Bonchev–Trinajstić information content (AvgIpc) is 3.00. The van der Waals surface area contributed by atoms with Gasteiger partial charge >= 0.3 is 0 Å². The zero-order chi connectivity index (χ0) is 16.5. The molecule has 0 unspecified atom stereocenters. The number of likely N-dealkylation sites (tertiary alicyclic amines) is 1. The van der Waals surface area contributed by atoms with Crippen LogP contribution in [-0.2, 0) is 19.5 Å². The molecule has 0 aromatic carbocycles. The van der Waals surface area contributed by atoms with Crippen molar-refractivity contribution >= 4 is 0 Å². The van der Waals surface area contributed by atoms with Crippen LogP contribution in [0.5, 0.6) is 0 Å². The van der Waals surface area contributed by atoms with E-state index in [0.717, 1.165) is 50.0 Å². The molecule has 0 spiro atoms. The van der Waals surface area contributed by atoms with Gasteiger partial charge in [0.25, 0.3) is 0 Å². The zero-order valence-electron chi connectivity index (χ0n) is 14.3. The highest BCUT2D eigenvalue weighted by molar-refractivity contribution is 5.03. The Morgan fingerprint density at radius 2 is 1.96 bits per heavy atom. The number of aromatic nitrogens is 4. The van der Waals surface area contributed by atoms with E-state index in [1.54, 1.807) is 0 Å². The van der Waals surface area contributed by atoms with E-state index >= 15 is 0 Å². The molecule has 0 bridgehead atoms. The van der Waals surface area contributed by atoms with Gasteiger partial charge in [-0.3, -0.25) is 9.80 Å². The summed E-state index contributed by atoms with van der Waals surface area (Å²) in [6.45, 7) is 5.52. The molecular formula is C16H24N6O2. The first-order valence-corrected chi connectivity index (χ1v) is 8.77. The zero-order valence-corrected chi connectivity index (χ0v) is 14.3. The van der Waals surface area contributed by atoms with Crippen molar-refractivity contribution in [2.75, 3.05) is 20.1 Å². The van der Waals surface area contributed by atoms with E-state index in [2.05, 4.69) is 37.1 Å². The van der Waals surface area contributed by atoms with E-state index in [9.17, 15) is 0 Å². The van der Waals surface area contributed by atoms with Gasteiger partial charge in [-0.2, -0.15) is 9.97 Å². The van der Waals surface area contributed by atoms with Crippen molar-refractivity contribution in [1.29, 1.82) is 0 Å². The molecule has 2 aliphatic rings. The Morgan fingerprint density at radius 1 is 1.12 bits per heavy atom. The smallest absolute Gasteiger partial charge is 0.240 e. The van der Waals surface area contributed by atoms with Crippen LogP contribution in [0.4, 0.5) is 0 Å². The maximum Gasteiger partial charge on any atom is 0.240 e. The maximum atomic E-state index is 5.39. The highest BCUT2D eigenvalue weighted by Crippen LogP contribution is 2.38. The maximum absolute atomic E-state index is 5.39. The fourth-order valence-corrected chi connectivity index (χ4v) is 3.20. The van der Waals surface area contributed by atoms with Gasteiger partial charge in [0.1, 0.15) is 0 Å². The molecule has 8 nitrogen and oxygen atoms in total. The number of likely N-dealkylation sites (N-methyl/N-ethyl adjacent to an activating group) is 1. The molecule has 2 fully saturated rings. The summed E-state index contributed by atoms with van der Waals surface area (Å²) in [5.41, 5.74) is 0.